The highest BCUT2D eigenvalue weighted by Gasteiger charge is 2.09. The normalized spacial score (nSPS) is 12.2. The Balaban J connectivity index is 2.87. The van der Waals surface area contributed by atoms with E-state index in [0.29, 0.717) is 10.2 Å². The van der Waals surface area contributed by atoms with Gasteiger partial charge in [-0.2, -0.15) is 0 Å². The minimum absolute atomic E-state index is 0.132. The first-order valence-corrected chi connectivity index (χ1v) is 5.53. The van der Waals surface area contributed by atoms with E-state index in [4.69, 9.17) is 9.84 Å². The molecule has 0 aromatic heterocycles. The van der Waals surface area contributed by atoms with Gasteiger partial charge in [0.1, 0.15) is 5.75 Å². The van der Waals surface area contributed by atoms with E-state index < -0.39 is 5.97 Å². The number of rotatable bonds is 4. The monoisotopic (exact) mass is 272 g/mol. The molecule has 0 aliphatic carbocycles. The van der Waals surface area contributed by atoms with Crippen molar-refractivity contribution >= 4 is 21.9 Å². The smallest absolute Gasteiger partial charge is 0.336 e. The lowest BCUT2D eigenvalue weighted by Gasteiger charge is -2.13. The molecule has 3 nitrogen and oxygen atoms in total. The second-order valence-electron chi connectivity index (χ2n) is 3.28. The molecule has 4 heteroatoms. The van der Waals surface area contributed by atoms with Crippen molar-refractivity contribution in [2.45, 2.75) is 26.4 Å². The quantitative estimate of drug-likeness (QED) is 0.915. The van der Waals surface area contributed by atoms with Crippen LogP contribution in [0.5, 0.6) is 5.75 Å². The summed E-state index contributed by atoms with van der Waals surface area (Å²) in [5.74, 6) is -0.266. The lowest BCUT2D eigenvalue weighted by atomic mass is 10.2. The Kier molecular flexibility index (Phi) is 4.15. The zero-order valence-electron chi connectivity index (χ0n) is 8.66. The second-order valence-corrected chi connectivity index (χ2v) is 4.14. The second kappa shape index (κ2) is 5.16. The van der Waals surface area contributed by atoms with Gasteiger partial charge in [0.05, 0.1) is 11.7 Å². The molecule has 1 atom stereocenters. The van der Waals surface area contributed by atoms with Crippen LogP contribution < -0.4 is 4.74 Å². The first-order chi connectivity index (χ1) is 7.04. The molecular weight excluding hydrogens is 260 g/mol. The van der Waals surface area contributed by atoms with Crippen LogP contribution >= 0.6 is 15.9 Å². The molecule has 0 aliphatic heterocycles. The van der Waals surface area contributed by atoms with Gasteiger partial charge in [-0.05, 0) is 47.5 Å². The fourth-order valence-corrected chi connectivity index (χ4v) is 1.59. The molecule has 0 bridgehead atoms. The van der Waals surface area contributed by atoms with Gasteiger partial charge in [-0.1, -0.05) is 6.92 Å². The number of hydrogen-bond donors (Lipinski definition) is 1. The largest absolute Gasteiger partial charge is 0.491 e. The van der Waals surface area contributed by atoms with Crippen molar-refractivity contribution in [3.05, 3.63) is 28.2 Å². The maximum Gasteiger partial charge on any atom is 0.336 e. The third-order valence-electron chi connectivity index (χ3n) is 2.08. The van der Waals surface area contributed by atoms with Gasteiger partial charge in [0.15, 0.2) is 0 Å². The summed E-state index contributed by atoms with van der Waals surface area (Å²) in [4.78, 5) is 10.7. The van der Waals surface area contributed by atoms with Crippen LogP contribution in [-0.4, -0.2) is 17.2 Å². The average Bonchev–Trinajstić information content (AvgIpc) is 2.17. The van der Waals surface area contributed by atoms with Crippen LogP contribution in [0.2, 0.25) is 0 Å². The van der Waals surface area contributed by atoms with Crippen LogP contribution in [0, 0.1) is 0 Å². The number of aromatic carboxylic acids is 1. The Morgan fingerprint density at radius 2 is 2.27 bits per heavy atom. The van der Waals surface area contributed by atoms with Crippen molar-refractivity contribution in [1.82, 2.24) is 0 Å². The highest BCUT2D eigenvalue weighted by molar-refractivity contribution is 9.10. The highest BCUT2D eigenvalue weighted by Crippen LogP contribution is 2.24. The van der Waals surface area contributed by atoms with E-state index in [1.54, 1.807) is 12.1 Å². The van der Waals surface area contributed by atoms with Gasteiger partial charge >= 0.3 is 5.97 Å². The van der Waals surface area contributed by atoms with Gasteiger partial charge in [0.25, 0.3) is 0 Å². The van der Waals surface area contributed by atoms with Crippen molar-refractivity contribution < 1.29 is 14.6 Å². The van der Waals surface area contributed by atoms with Gasteiger partial charge < -0.3 is 9.84 Å². The van der Waals surface area contributed by atoms with E-state index in [2.05, 4.69) is 15.9 Å². The van der Waals surface area contributed by atoms with Crippen LogP contribution in [-0.2, 0) is 0 Å². The van der Waals surface area contributed by atoms with Gasteiger partial charge in [0.2, 0.25) is 0 Å². The molecule has 1 N–H and O–H groups in total. The SMILES string of the molecule is CCC(C)Oc1ccc(C(=O)O)c(Br)c1. The summed E-state index contributed by atoms with van der Waals surface area (Å²) >= 11 is 3.20. The molecule has 0 saturated heterocycles. The van der Waals surface area contributed by atoms with Crippen molar-refractivity contribution in [3.8, 4) is 5.75 Å². The minimum Gasteiger partial charge on any atom is -0.491 e. The Bertz CT molecular complexity index is 363. The summed E-state index contributed by atoms with van der Waals surface area (Å²) in [6, 6.07) is 4.88. The number of carboxylic acid groups (broad SMARTS) is 1. The first-order valence-electron chi connectivity index (χ1n) is 4.74. The lowest BCUT2D eigenvalue weighted by Crippen LogP contribution is -2.10. The molecule has 0 fully saturated rings. The zero-order chi connectivity index (χ0) is 11.4. The molecule has 0 aliphatic rings. The van der Waals surface area contributed by atoms with Gasteiger partial charge in [-0.3, -0.25) is 0 Å². The van der Waals surface area contributed by atoms with E-state index >= 15 is 0 Å². The summed E-state index contributed by atoms with van der Waals surface area (Å²) in [5.41, 5.74) is 0.242. The topological polar surface area (TPSA) is 46.5 Å². The van der Waals surface area contributed by atoms with Crippen molar-refractivity contribution in [1.29, 1.82) is 0 Å². The molecule has 82 valence electrons. The van der Waals surface area contributed by atoms with Gasteiger partial charge in [-0.15, -0.1) is 0 Å². The van der Waals surface area contributed by atoms with E-state index in [9.17, 15) is 4.79 Å². The van der Waals surface area contributed by atoms with Crippen molar-refractivity contribution in [2.24, 2.45) is 0 Å². The molecule has 1 aromatic carbocycles. The van der Waals surface area contributed by atoms with E-state index in [1.807, 2.05) is 13.8 Å². The predicted molar refractivity (Wildman–Crippen MR) is 61.5 cm³/mol. The number of benzene rings is 1. The molecule has 15 heavy (non-hydrogen) atoms. The minimum atomic E-state index is -0.947. The predicted octanol–water partition coefficient (Wildman–Crippen LogP) is 3.32. The van der Waals surface area contributed by atoms with Gasteiger partial charge in [0, 0.05) is 4.47 Å². The number of carboxylic acids is 1. The van der Waals surface area contributed by atoms with E-state index in [-0.39, 0.29) is 11.7 Å². The third-order valence-corrected chi connectivity index (χ3v) is 2.74. The highest BCUT2D eigenvalue weighted by atomic mass is 79.9. The third kappa shape index (κ3) is 3.23. The summed E-state index contributed by atoms with van der Waals surface area (Å²) in [5, 5.41) is 8.81. The summed E-state index contributed by atoms with van der Waals surface area (Å²) < 4.78 is 6.09. The van der Waals surface area contributed by atoms with Crippen LogP contribution in [0.4, 0.5) is 0 Å². The van der Waals surface area contributed by atoms with Gasteiger partial charge in [-0.25, -0.2) is 4.79 Å². The average molecular weight is 273 g/mol. The first kappa shape index (κ1) is 12.0. The Hall–Kier alpha value is -1.03. The summed E-state index contributed by atoms with van der Waals surface area (Å²) in [6.07, 6.45) is 1.05. The standard InChI is InChI=1S/C11H13BrO3/c1-3-7(2)15-8-4-5-9(11(13)14)10(12)6-8/h4-7H,3H2,1-2H3,(H,13,14). The Morgan fingerprint density at radius 3 is 2.73 bits per heavy atom. The summed E-state index contributed by atoms with van der Waals surface area (Å²) in [7, 11) is 0. The molecule has 1 rings (SSSR count). The maximum absolute atomic E-state index is 10.7. The van der Waals surface area contributed by atoms with Crippen molar-refractivity contribution in [3.63, 3.8) is 0 Å². The molecule has 0 saturated carbocycles. The summed E-state index contributed by atoms with van der Waals surface area (Å²) in [6.45, 7) is 4.00. The van der Waals surface area contributed by atoms with Crippen LogP contribution in [0.15, 0.2) is 22.7 Å². The zero-order valence-corrected chi connectivity index (χ0v) is 10.2. The number of halogens is 1. The van der Waals surface area contributed by atoms with Crippen molar-refractivity contribution in [2.75, 3.05) is 0 Å². The number of carbonyl (C=O) groups is 1. The van der Waals surface area contributed by atoms with Crippen LogP contribution in [0.25, 0.3) is 0 Å². The number of ether oxygens (including phenoxy) is 1. The van der Waals surface area contributed by atoms with Crippen LogP contribution in [0.3, 0.4) is 0 Å². The van der Waals surface area contributed by atoms with Crippen LogP contribution in [0.1, 0.15) is 30.6 Å². The Morgan fingerprint density at radius 1 is 1.60 bits per heavy atom. The van der Waals surface area contributed by atoms with E-state index in [0.717, 1.165) is 6.42 Å². The molecule has 0 heterocycles. The fourth-order valence-electron chi connectivity index (χ4n) is 1.06. The Labute approximate surface area is 97.2 Å². The van der Waals surface area contributed by atoms with E-state index in [1.165, 1.54) is 6.07 Å². The fraction of sp³-hybridized carbons (Fsp3) is 0.364. The lowest BCUT2D eigenvalue weighted by molar-refractivity contribution is 0.0696. The number of hydrogen-bond acceptors (Lipinski definition) is 2. The molecule has 0 radical (unpaired) electrons. The maximum atomic E-state index is 10.7. The molecule has 1 aromatic rings. The molecule has 1 unspecified atom stereocenters. The molecule has 0 spiro atoms. The molecule has 0 amide bonds. The molecular formula is C11H13BrO3.